The molecule has 1 rings (SSSR count). The van der Waals surface area contributed by atoms with Crippen LogP contribution in [0.3, 0.4) is 0 Å². The summed E-state index contributed by atoms with van der Waals surface area (Å²) in [5.41, 5.74) is 1.26. The number of ether oxygens (including phenoxy) is 1. The van der Waals surface area contributed by atoms with E-state index >= 15 is 0 Å². The monoisotopic (exact) mass is 180 g/mol. The smallest absolute Gasteiger partial charge is 0.125 e. The third kappa shape index (κ3) is 2.91. The highest BCUT2D eigenvalue weighted by molar-refractivity contribution is 5.11. The van der Waals surface area contributed by atoms with E-state index in [0.29, 0.717) is 5.92 Å². The topological polar surface area (TPSA) is 9.23 Å². The minimum atomic E-state index is 0.247. The Balaban J connectivity index is 2.23. The van der Waals surface area contributed by atoms with Crippen molar-refractivity contribution in [3.8, 4) is 0 Å². The second kappa shape index (κ2) is 5.11. The van der Waals surface area contributed by atoms with E-state index in [0.717, 1.165) is 6.42 Å². The van der Waals surface area contributed by atoms with Crippen LogP contribution in [-0.2, 0) is 4.74 Å². The van der Waals surface area contributed by atoms with Gasteiger partial charge >= 0.3 is 0 Å². The fourth-order valence-electron chi connectivity index (χ4n) is 1.69. The molecule has 0 unspecified atom stereocenters. The molecule has 0 spiro atoms. The Kier molecular flexibility index (Phi) is 4.07. The van der Waals surface area contributed by atoms with E-state index in [2.05, 4.69) is 26.5 Å². The average Bonchev–Trinajstić information content (AvgIpc) is 2.52. The first-order valence-electron chi connectivity index (χ1n) is 5.25. The molecule has 2 atom stereocenters. The summed E-state index contributed by atoms with van der Waals surface area (Å²) in [5, 5.41) is 0. The fourth-order valence-corrected chi connectivity index (χ4v) is 1.69. The van der Waals surface area contributed by atoms with Crippen LogP contribution in [0, 0.1) is 5.92 Å². The number of rotatable bonds is 5. The molecular formula is C12H20O. The van der Waals surface area contributed by atoms with E-state index in [1.165, 1.54) is 24.8 Å². The standard InChI is InChI=1S/C12H20O/c1-4-5-6-7-10(2)12-11(3)8-9-13-12/h8-9,11-12H,2,4-7H2,1,3H3/t11-,12+/m0/s1. The highest BCUT2D eigenvalue weighted by Gasteiger charge is 2.22. The van der Waals surface area contributed by atoms with Crippen molar-refractivity contribution in [2.75, 3.05) is 0 Å². The molecule has 0 aromatic rings. The van der Waals surface area contributed by atoms with Crippen molar-refractivity contribution in [2.24, 2.45) is 5.92 Å². The van der Waals surface area contributed by atoms with Crippen LogP contribution in [0.4, 0.5) is 0 Å². The van der Waals surface area contributed by atoms with Gasteiger partial charge in [0.1, 0.15) is 6.10 Å². The van der Waals surface area contributed by atoms with Crippen molar-refractivity contribution in [1.82, 2.24) is 0 Å². The molecule has 0 aliphatic carbocycles. The molecule has 0 radical (unpaired) electrons. The van der Waals surface area contributed by atoms with Crippen molar-refractivity contribution >= 4 is 0 Å². The van der Waals surface area contributed by atoms with Crippen LogP contribution in [-0.4, -0.2) is 6.10 Å². The Bertz CT molecular complexity index is 193. The van der Waals surface area contributed by atoms with Gasteiger partial charge in [0.2, 0.25) is 0 Å². The summed E-state index contributed by atoms with van der Waals surface area (Å²) in [7, 11) is 0. The normalized spacial score (nSPS) is 26.0. The van der Waals surface area contributed by atoms with Gasteiger partial charge in [0.15, 0.2) is 0 Å². The molecule has 74 valence electrons. The highest BCUT2D eigenvalue weighted by atomic mass is 16.5. The van der Waals surface area contributed by atoms with Gasteiger partial charge in [-0.2, -0.15) is 0 Å². The molecule has 0 N–H and O–H groups in total. The van der Waals surface area contributed by atoms with Gasteiger partial charge in [0.25, 0.3) is 0 Å². The van der Waals surface area contributed by atoms with Gasteiger partial charge in [0.05, 0.1) is 6.26 Å². The van der Waals surface area contributed by atoms with Gasteiger partial charge in [-0.3, -0.25) is 0 Å². The maximum atomic E-state index is 5.48. The van der Waals surface area contributed by atoms with E-state index in [1.54, 1.807) is 6.26 Å². The molecule has 0 amide bonds. The van der Waals surface area contributed by atoms with Crippen LogP contribution in [0.25, 0.3) is 0 Å². The van der Waals surface area contributed by atoms with Crippen LogP contribution in [0.15, 0.2) is 24.5 Å². The molecule has 1 heterocycles. The quantitative estimate of drug-likeness (QED) is 0.463. The van der Waals surface area contributed by atoms with Crippen molar-refractivity contribution in [3.05, 3.63) is 24.5 Å². The van der Waals surface area contributed by atoms with E-state index in [4.69, 9.17) is 4.74 Å². The van der Waals surface area contributed by atoms with E-state index in [-0.39, 0.29) is 6.10 Å². The van der Waals surface area contributed by atoms with Gasteiger partial charge in [-0.25, -0.2) is 0 Å². The van der Waals surface area contributed by atoms with Crippen LogP contribution in [0.1, 0.15) is 39.5 Å². The van der Waals surface area contributed by atoms with E-state index in [1.807, 2.05) is 0 Å². The predicted molar refractivity (Wildman–Crippen MR) is 56.5 cm³/mol. The molecule has 13 heavy (non-hydrogen) atoms. The minimum absolute atomic E-state index is 0.247. The van der Waals surface area contributed by atoms with Gasteiger partial charge in [-0.05, 0) is 24.5 Å². The van der Waals surface area contributed by atoms with E-state index in [9.17, 15) is 0 Å². The summed E-state index contributed by atoms with van der Waals surface area (Å²) in [5.74, 6) is 0.508. The number of hydrogen-bond donors (Lipinski definition) is 0. The Morgan fingerprint density at radius 3 is 2.77 bits per heavy atom. The second-order valence-electron chi connectivity index (χ2n) is 3.86. The molecule has 0 fully saturated rings. The lowest BCUT2D eigenvalue weighted by Gasteiger charge is -2.17. The molecule has 1 nitrogen and oxygen atoms in total. The van der Waals surface area contributed by atoms with Gasteiger partial charge in [-0.1, -0.05) is 33.3 Å². The summed E-state index contributed by atoms with van der Waals surface area (Å²) in [6.45, 7) is 8.49. The maximum Gasteiger partial charge on any atom is 0.125 e. The Labute approximate surface area is 81.5 Å². The minimum Gasteiger partial charge on any atom is -0.493 e. The molecule has 0 saturated heterocycles. The number of hydrogen-bond acceptors (Lipinski definition) is 1. The highest BCUT2D eigenvalue weighted by Crippen LogP contribution is 2.25. The summed E-state index contributed by atoms with van der Waals surface area (Å²) in [6.07, 6.45) is 9.10. The van der Waals surface area contributed by atoms with Gasteiger partial charge in [-0.15, -0.1) is 0 Å². The zero-order chi connectivity index (χ0) is 9.68. The Morgan fingerprint density at radius 1 is 1.46 bits per heavy atom. The largest absolute Gasteiger partial charge is 0.493 e. The molecule has 1 heteroatoms. The summed E-state index contributed by atoms with van der Waals surface area (Å²) < 4.78 is 5.48. The maximum absolute atomic E-state index is 5.48. The molecule has 0 aromatic carbocycles. The predicted octanol–water partition coefficient (Wildman–Crippen LogP) is 3.67. The third-order valence-corrected chi connectivity index (χ3v) is 2.59. The lowest BCUT2D eigenvalue weighted by atomic mass is 9.96. The van der Waals surface area contributed by atoms with Gasteiger partial charge < -0.3 is 4.74 Å². The molecule has 0 aromatic heterocycles. The van der Waals surface area contributed by atoms with Crippen LogP contribution < -0.4 is 0 Å². The van der Waals surface area contributed by atoms with Crippen molar-refractivity contribution in [2.45, 2.75) is 45.6 Å². The first-order valence-corrected chi connectivity index (χ1v) is 5.25. The number of unbranched alkanes of at least 4 members (excludes halogenated alkanes) is 2. The van der Waals surface area contributed by atoms with Crippen molar-refractivity contribution in [3.63, 3.8) is 0 Å². The SMILES string of the molecule is C=C(CCCCC)[C@H]1OC=C[C@@H]1C. The zero-order valence-corrected chi connectivity index (χ0v) is 8.75. The zero-order valence-electron chi connectivity index (χ0n) is 8.75. The second-order valence-corrected chi connectivity index (χ2v) is 3.86. The molecule has 1 aliphatic heterocycles. The summed E-state index contributed by atoms with van der Waals surface area (Å²) in [4.78, 5) is 0. The van der Waals surface area contributed by atoms with Crippen molar-refractivity contribution in [1.29, 1.82) is 0 Å². The lowest BCUT2D eigenvalue weighted by Crippen LogP contribution is -2.16. The summed E-state index contributed by atoms with van der Waals surface area (Å²) >= 11 is 0. The Morgan fingerprint density at radius 2 is 2.23 bits per heavy atom. The van der Waals surface area contributed by atoms with E-state index < -0.39 is 0 Å². The molecular weight excluding hydrogens is 160 g/mol. The molecule has 0 bridgehead atoms. The van der Waals surface area contributed by atoms with Crippen LogP contribution >= 0.6 is 0 Å². The average molecular weight is 180 g/mol. The first kappa shape index (κ1) is 10.4. The van der Waals surface area contributed by atoms with Crippen LogP contribution in [0.5, 0.6) is 0 Å². The first-order chi connectivity index (χ1) is 6.25. The van der Waals surface area contributed by atoms with Gasteiger partial charge in [0, 0.05) is 5.92 Å². The summed E-state index contributed by atoms with van der Waals surface area (Å²) in [6, 6.07) is 0. The van der Waals surface area contributed by atoms with Crippen molar-refractivity contribution < 1.29 is 4.74 Å². The third-order valence-electron chi connectivity index (χ3n) is 2.59. The molecule has 1 aliphatic rings. The molecule has 0 saturated carbocycles. The Hall–Kier alpha value is -0.720. The van der Waals surface area contributed by atoms with Crippen LogP contribution in [0.2, 0.25) is 0 Å². The lowest BCUT2D eigenvalue weighted by molar-refractivity contribution is 0.170. The fraction of sp³-hybridized carbons (Fsp3) is 0.667.